The SMILES string of the molecule is C=CC(=CC)CN(C)Nc1c(Nc2cccc(C(=O)N(C)C)c2O)c(=O)c1=O. The largest absolute Gasteiger partial charge is 0.505 e. The van der Waals surface area contributed by atoms with Crippen LogP contribution in [0, 0.1) is 0 Å². The highest BCUT2D eigenvalue weighted by molar-refractivity contribution is 5.99. The number of allylic oxidation sites excluding steroid dienone is 1. The van der Waals surface area contributed by atoms with Gasteiger partial charge in [-0.15, -0.1) is 0 Å². The molecule has 0 fully saturated rings. The number of carbonyl (C=O) groups is 1. The first-order valence-electron chi connectivity index (χ1n) is 8.60. The third-order valence-electron chi connectivity index (χ3n) is 4.20. The van der Waals surface area contributed by atoms with Crippen LogP contribution in [0.3, 0.4) is 0 Å². The Hall–Kier alpha value is -3.39. The quantitative estimate of drug-likeness (QED) is 0.276. The van der Waals surface area contributed by atoms with Gasteiger partial charge in [0.15, 0.2) is 5.75 Å². The maximum Gasteiger partial charge on any atom is 0.257 e. The Labute approximate surface area is 163 Å². The highest BCUT2D eigenvalue weighted by atomic mass is 16.3. The molecule has 0 aliphatic carbocycles. The maximum absolute atomic E-state index is 12.1. The molecule has 3 N–H and O–H groups in total. The number of amides is 1. The molecule has 0 saturated carbocycles. The predicted octanol–water partition coefficient (Wildman–Crippen LogP) is 1.82. The zero-order chi connectivity index (χ0) is 21.0. The summed E-state index contributed by atoms with van der Waals surface area (Å²) >= 11 is 0. The Bertz CT molecular complexity index is 1000. The molecular formula is C20H24N4O4. The maximum atomic E-state index is 12.1. The molecule has 0 radical (unpaired) electrons. The summed E-state index contributed by atoms with van der Waals surface area (Å²) in [4.78, 5) is 37.5. The fourth-order valence-corrected chi connectivity index (χ4v) is 2.59. The van der Waals surface area contributed by atoms with Crippen LogP contribution in [-0.4, -0.2) is 48.6 Å². The van der Waals surface area contributed by atoms with Gasteiger partial charge in [0.05, 0.1) is 11.3 Å². The minimum Gasteiger partial charge on any atom is -0.505 e. The van der Waals surface area contributed by atoms with Crippen molar-refractivity contribution < 1.29 is 9.90 Å². The number of phenols is 1. The predicted molar refractivity (Wildman–Crippen MR) is 111 cm³/mol. The molecule has 0 atom stereocenters. The van der Waals surface area contributed by atoms with E-state index in [1.807, 2.05) is 13.0 Å². The van der Waals surface area contributed by atoms with E-state index in [0.29, 0.717) is 6.54 Å². The molecule has 0 saturated heterocycles. The average molecular weight is 384 g/mol. The second kappa shape index (κ2) is 8.53. The lowest BCUT2D eigenvalue weighted by atomic mass is 10.1. The summed E-state index contributed by atoms with van der Waals surface area (Å²) in [6.45, 7) is 6.06. The molecule has 0 bridgehead atoms. The van der Waals surface area contributed by atoms with E-state index in [1.54, 1.807) is 38.3 Å². The summed E-state index contributed by atoms with van der Waals surface area (Å²) in [5, 5.41) is 14.8. The number of hydrogen-bond donors (Lipinski definition) is 3. The lowest BCUT2D eigenvalue weighted by Crippen LogP contribution is -2.41. The van der Waals surface area contributed by atoms with Gasteiger partial charge in [-0.3, -0.25) is 14.4 Å². The molecule has 2 rings (SSSR count). The number of rotatable bonds is 8. The van der Waals surface area contributed by atoms with E-state index in [-0.39, 0.29) is 34.3 Å². The van der Waals surface area contributed by atoms with E-state index in [4.69, 9.17) is 0 Å². The van der Waals surface area contributed by atoms with Gasteiger partial charge < -0.3 is 20.7 Å². The number of aromatic hydroxyl groups is 1. The van der Waals surface area contributed by atoms with E-state index in [1.165, 1.54) is 17.0 Å². The van der Waals surface area contributed by atoms with Crippen molar-refractivity contribution in [2.45, 2.75) is 6.92 Å². The molecule has 2 aromatic rings. The van der Waals surface area contributed by atoms with Crippen LogP contribution < -0.4 is 21.6 Å². The van der Waals surface area contributed by atoms with Crippen LogP contribution in [-0.2, 0) is 0 Å². The van der Waals surface area contributed by atoms with Gasteiger partial charge in [-0.05, 0) is 24.6 Å². The fraction of sp³-hybridized carbons (Fsp3) is 0.250. The van der Waals surface area contributed by atoms with Gasteiger partial charge >= 0.3 is 0 Å². The van der Waals surface area contributed by atoms with Crippen molar-refractivity contribution >= 4 is 23.0 Å². The third kappa shape index (κ3) is 4.12. The molecule has 0 unspecified atom stereocenters. The van der Waals surface area contributed by atoms with Crippen LogP contribution in [0.5, 0.6) is 5.75 Å². The highest BCUT2D eigenvalue weighted by Crippen LogP contribution is 2.32. The van der Waals surface area contributed by atoms with Crippen molar-refractivity contribution in [1.82, 2.24) is 9.91 Å². The number of phenolic OH excluding ortho intramolecular Hbond substituents is 1. The van der Waals surface area contributed by atoms with Crippen LogP contribution >= 0.6 is 0 Å². The van der Waals surface area contributed by atoms with Gasteiger partial charge in [-0.25, -0.2) is 5.01 Å². The number of hydrazine groups is 1. The van der Waals surface area contributed by atoms with Crippen molar-refractivity contribution in [2.24, 2.45) is 0 Å². The summed E-state index contributed by atoms with van der Waals surface area (Å²) in [6.07, 6.45) is 3.59. The number of para-hydroxylation sites is 1. The van der Waals surface area contributed by atoms with Crippen molar-refractivity contribution in [3.63, 3.8) is 0 Å². The van der Waals surface area contributed by atoms with Crippen LogP contribution in [0.15, 0.2) is 52.1 Å². The van der Waals surface area contributed by atoms with Gasteiger partial charge in [0, 0.05) is 27.7 Å². The summed E-state index contributed by atoms with van der Waals surface area (Å²) in [7, 11) is 4.86. The Kier molecular flexibility index (Phi) is 6.37. The molecule has 8 nitrogen and oxygen atoms in total. The van der Waals surface area contributed by atoms with Gasteiger partial charge in [-0.1, -0.05) is 24.8 Å². The molecule has 148 valence electrons. The number of benzene rings is 1. The van der Waals surface area contributed by atoms with Crippen molar-refractivity contribution in [3.8, 4) is 5.75 Å². The fourth-order valence-electron chi connectivity index (χ4n) is 2.59. The normalized spacial score (nSPS) is 11.5. The summed E-state index contributed by atoms with van der Waals surface area (Å²) in [5.41, 5.74) is 2.83. The van der Waals surface area contributed by atoms with Crippen LogP contribution in [0.2, 0.25) is 0 Å². The number of anilines is 3. The molecule has 0 aliphatic rings. The standard InChI is InChI=1S/C20H24N4O4/c1-6-12(7-2)11-24(5)22-16-15(18(26)19(16)27)21-14-10-8-9-13(17(14)25)20(28)23(3)4/h6-10,21-22,25H,1,11H2,2-5H3. The van der Waals surface area contributed by atoms with E-state index in [0.717, 1.165) is 5.57 Å². The summed E-state index contributed by atoms with van der Waals surface area (Å²) < 4.78 is 0. The van der Waals surface area contributed by atoms with Crippen LogP contribution in [0.1, 0.15) is 17.3 Å². The molecule has 8 heteroatoms. The summed E-state index contributed by atoms with van der Waals surface area (Å²) in [5.74, 6) is -0.677. The zero-order valence-electron chi connectivity index (χ0n) is 16.4. The first-order chi connectivity index (χ1) is 13.2. The smallest absolute Gasteiger partial charge is 0.257 e. The minimum absolute atomic E-state index is 0.0298. The molecule has 2 aromatic carbocycles. The van der Waals surface area contributed by atoms with Crippen molar-refractivity contribution in [2.75, 3.05) is 38.4 Å². The number of likely N-dealkylation sites (N-methyl/N-ethyl adjacent to an activating group) is 1. The number of nitrogens with zero attached hydrogens (tertiary/aromatic N) is 2. The van der Waals surface area contributed by atoms with Gasteiger partial charge in [-0.2, -0.15) is 0 Å². The van der Waals surface area contributed by atoms with Crippen molar-refractivity contribution in [1.29, 1.82) is 0 Å². The second-order valence-corrected chi connectivity index (χ2v) is 6.47. The summed E-state index contributed by atoms with van der Waals surface area (Å²) in [6, 6.07) is 4.57. The van der Waals surface area contributed by atoms with Gasteiger partial charge in [0.25, 0.3) is 16.8 Å². The lowest BCUT2D eigenvalue weighted by Gasteiger charge is -2.23. The lowest BCUT2D eigenvalue weighted by molar-refractivity contribution is 0.0824. The van der Waals surface area contributed by atoms with E-state index in [9.17, 15) is 19.5 Å². The molecule has 28 heavy (non-hydrogen) atoms. The van der Waals surface area contributed by atoms with Gasteiger partial charge in [0.1, 0.15) is 11.4 Å². The van der Waals surface area contributed by atoms with Crippen LogP contribution in [0.4, 0.5) is 17.1 Å². The first-order valence-corrected chi connectivity index (χ1v) is 8.60. The average Bonchev–Trinajstić information content (AvgIpc) is 2.68. The Morgan fingerprint density at radius 2 is 1.82 bits per heavy atom. The number of carbonyl (C=O) groups excluding carboxylic acids is 1. The third-order valence-corrected chi connectivity index (χ3v) is 4.20. The molecule has 0 heterocycles. The van der Waals surface area contributed by atoms with E-state index >= 15 is 0 Å². The van der Waals surface area contributed by atoms with E-state index in [2.05, 4.69) is 17.3 Å². The number of hydrogen-bond acceptors (Lipinski definition) is 7. The Morgan fingerprint density at radius 3 is 2.39 bits per heavy atom. The van der Waals surface area contributed by atoms with Crippen LogP contribution in [0.25, 0.3) is 0 Å². The topological polar surface area (TPSA) is 102 Å². The van der Waals surface area contributed by atoms with Crippen molar-refractivity contribution in [3.05, 3.63) is 68.5 Å². The monoisotopic (exact) mass is 384 g/mol. The minimum atomic E-state index is -0.699. The number of nitrogens with one attached hydrogen (secondary N) is 2. The first kappa shape index (κ1) is 20.9. The zero-order valence-corrected chi connectivity index (χ0v) is 16.4. The molecule has 0 aliphatic heterocycles. The second-order valence-electron chi connectivity index (χ2n) is 6.47. The Balaban J connectivity index is 2.28. The molecule has 1 amide bonds. The molecule has 0 aromatic heterocycles. The highest BCUT2D eigenvalue weighted by Gasteiger charge is 2.24. The Morgan fingerprint density at radius 1 is 1.18 bits per heavy atom. The van der Waals surface area contributed by atoms with Gasteiger partial charge in [0.2, 0.25) is 0 Å². The van der Waals surface area contributed by atoms with E-state index < -0.39 is 10.9 Å². The molecular weight excluding hydrogens is 360 g/mol. The molecule has 0 spiro atoms.